The molecule has 0 fully saturated rings. The van der Waals surface area contributed by atoms with Gasteiger partial charge < -0.3 is 5.32 Å². The van der Waals surface area contributed by atoms with E-state index in [-0.39, 0.29) is 16.4 Å². The van der Waals surface area contributed by atoms with Gasteiger partial charge in [-0.25, -0.2) is 13.9 Å². The van der Waals surface area contributed by atoms with Gasteiger partial charge in [0, 0.05) is 11.3 Å². The molecule has 0 bridgehead atoms. The zero-order valence-corrected chi connectivity index (χ0v) is 15.7. The summed E-state index contributed by atoms with van der Waals surface area (Å²) in [4.78, 5) is 23.9. The molecule has 2 amide bonds. The second kappa shape index (κ2) is 8.76. The van der Waals surface area contributed by atoms with Crippen molar-refractivity contribution in [1.82, 2.24) is 10.2 Å². The molecule has 27 heavy (non-hydrogen) atoms. The molecule has 8 nitrogen and oxygen atoms in total. The number of carbonyl (C=O) groups excluding carboxylic acids is 2. The van der Waals surface area contributed by atoms with Crippen LogP contribution in [0.5, 0.6) is 0 Å². The van der Waals surface area contributed by atoms with Crippen LogP contribution in [-0.4, -0.2) is 31.5 Å². The van der Waals surface area contributed by atoms with Crippen molar-refractivity contribution in [2.24, 2.45) is 5.92 Å². The molecule has 0 aliphatic carbocycles. The van der Waals surface area contributed by atoms with E-state index >= 15 is 0 Å². The van der Waals surface area contributed by atoms with E-state index in [9.17, 15) is 18.0 Å². The van der Waals surface area contributed by atoms with Crippen molar-refractivity contribution in [1.29, 1.82) is 0 Å². The lowest BCUT2D eigenvalue weighted by Gasteiger charge is -2.21. The molecule has 2 aromatic carbocycles. The molecule has 4 N–H and O–H groups in total. The highest BCUT2D eigenvalue weighted by Gasteiger charge is 2.28. The molecule has 0 aromatic heterocycles. The predicted octanol–water partition coefficient (Wildman–Crippen LogP) is 1.75. The smallest absolute Gasteiger partial charge is 0.274 e. The van der Waals surface area contributed by atoms with Crippen molar-refractivity contribution in [3.63, 3.8) is 0 Å². The maximum atomic E-state index is 12.7. The lowest BCUT2D eigenvalue weighted by atomic mass is 10.0. The lowest BCUT2D eigenvalue weighted by Crippen LogP contribution is -2.47. The van der Waals surface area contributed by atoms with Crippen molar-refractivity contribution < 1.29 is 23.2 Å². The summed E-state index contributed by atoms with van der Waals surface area (Å²) in [6.07, 6.45) is 0. The number of hydroxylamine groups is 1. The van der Waals surface area contributed by atoms with Crippen molar-refractivity contribution in [3.05, 3.63) is 60.2 Å². The van der Waals surface area contributed by atoms with Crippen LogP contribution in [0.3, 0.4) is 0 Å². The van der Waals surface area contributed by atoms with Gasteiger partial charge in [-0.2, -0.15) is 4.72 Å². The molecular weight excluding hydrogens is 370 g/mol. The van der Waals surface area contributed by atoms with Gasteiger partial charge in [0.05, 0.1) is 4.90 Å². The van der Waals surface area contributed by atoms with E-state index in [1.165, 1.54) is 23.7 Å². The third kappa shape index (κ3) is 5.36. The number of sulfonamides is 1. The van der Waals surface area contributed by atoms with Crippen LogP contribution in [0.2, 0.25) is 0 Å². The Morgan fingerprint density at radius 2 is 1.67 bits per heavy atom. The normalized spacial score (nSPS) is 12.4. The van der Waals surface area contributed by atoms with Crippen LogP contribution >= 0.6 is 0 Å². The average Bonchev–Trinajstić information content (AvgIpc) is 2.66. The first-order chi connectivity index (χ1) is 12.7. The van der Waals surface area contributed by atoms with Crippen molar-refractivity contribution >= 4 is 27.5 Å². The molecule has 0 aliphatic rings. The Bertz CT molecular complexity index is 914. The quantitative estimate of drug-likeness (QED) is 0.423. The third-order valence-corrected chi connectivity index (χ3v) is 5.22. The molecule has 0 spiro atoms. The zero-order chi connectivity index (χ0) is 20.0. The van der Waals surface area contributed by atoms with Gasteiger partial charge in [0.1, 0.15) is 6.04 Å². The van der Waals surface area contributed by atoms with Crippen LogP contribution < -0.4 is 15.5 Å². The predicted molar refractivity (Wildman–Crippen MR) is 99.7 cm³/mol. The Hall–Kier alpha value is -2.75. The molecule has 9 heteroatoms. The van der Waals surface area contributed by atoms with Gasteiger partial charge in [-0.05, 0) is 36.2 Å². The van der Waals surface area contributed by atoms with Crippen LogP contribution in [0.15, 0.2) is 59.5 Å². The van der Waals surface area contributed by atoms with E-state index < -0.39 is 27.9 Å². The molecule has 0 radical (unpaired) electrons. The van der Waals surface area contributed by atoms with E-state index in [1.807, 2.05) is 0 Å². The first kappa shape index (κ1) is 20.6. The zero-order valence-electron chi connectivity index (χ0n) is 14.8. The highest BCUT2D eigenvalue weighted by molar-refractivity contribution is 7.89. The standard InChI is InChI=1S/C18H21N3O5S/c1-12(2)16(18(23)19-14-8-4-3-5-9-14)21-27(25,26)15-10-6-7-13(11-15)17(22)20-24/h3-12,16,21,24H,1-2H3,(H,19,23)(H,20,22)/t16-/m0/s1. The summed E-state index contributed by atoms with van der Waals surface area (Å²) in [5.74, 6) is -1.66. The van der Waals surface area contributed by atoms with E-state index in [4.69, 9.17) is 5.21 Å². The number of nitrogens with one attached hydrogen (secondary N) is 3. The molecule has 0 unspecified atom stereocenters. The van der Waals surface area contributed by atoms with Crippen molar-refractivity contribution in [2.45, 2.75) is 24.8 Å². The molecule has 0 aliphatic heterocycles. The fourth-order valence-electron chi connectivity index (χ4n) is 2.34. The van der Waals surface area contributed by atoms with Gasteiger partial charge in [0.25, 0.3) is 5.91 Å². The Labute approximate surface area is 157 Å². The van der Waals surface area contributed by atoms with Crippen LogP contribution in [0.1, 0.15) is 24.2 Å². The number of anilines is 1. The maximum absolute atomic E-state index is 12.7. The highest BCUT2D eigenvalue weighted by atomic mass is 32.2. The number of amides is 2. The molecule has 1 atom stereocenters. The number of benzene rings is 2. The van der Waals surface area contributed by atoms with Crippen LogP contribution in [0.4, 0.5) is 5.69 Å². The van der Waals surface area contributed by atoms with E-state index in [1.54, 1.807) is 44.2 Å². The van der Waals surface area contributed by atoms with E-state index in [2.05, 4.69) is 10.0 Å². The Morgan fingerprint density at radius 1 is 1.00 bits per heavy atom. The number of rotatable bonds is 7. The minimum absolute atomic E-state index is 0.0322. The van der Waals surface area contributed by atoms with Gasteiger partial charge >= 0.3 is 0 Å². The number of hydrogen-bond acceptors (Lipinski definition) is 5. The minimum atomic E-state index is -4.08. The SMILES string of the molecule is CC(C)[C@H](NS(=O)(=O)c1cccc(C(=O)NO)c1)C(=O)Nc1ccccc1. The van der Waals surface area contributed by atoms with Crippen molar-refractivity contribution in [2.75, 3.05) is 5.32 Å². The van der Waals surface area contributed by atoms with Gasteiger partial charge in [-0.1, -0.05) is 38.1 Å². The van der Waals surface area contributed by atoms with Gasteiger partial charge in [0.15, 0.2) is 0 Å². The van der Waals surface area contributed by atoms with Gasteiger partial charge in [0.2, 0.25) is 15.9 Å². The molecule has 2 rings (SSSR count). The van der Waals surface area contributed by atoms with Gasteiger partial charge in [-0.15, -0.1) is 0 Å². The second-order valence-electron chi connectivity index (χ2n) is 6.17. The van der Waals surface area contributed by atoms with Crippen LogP contribution in [0.25, 0.3) is 0 Å². The van der Waals surface area contributed by atoms with Crippen molar-refractivity contribution in [3.8, 4) is 0 Å². The third-order valence-electron chi connectivity index (χ3n) is 3.78. The lowest BCUT2D eigenvalue weighted by molar-refractivity contribution is -0.118. The summed E-state index contributed by atoms with van der Waals surface area (Å²) < 4.78 is 27.7. The molecule has 0 heterocycles. The number of hydrogen-bond donors (Lipinski definition) is 4. The summed E-state index contributed by atoms with van der Waals surface area (Å²) in [5, 5.41) is 11.4. The highest BCUT2D eigenvalue weighted by Crippen LogP contribution is 2.15. The van der Waals surface area contributed by atoms with E-state index in [0.29, 0.717) is 5.69 Å². The summed E-state index contributed by atoms with van der Waals surface area (Å²) in [5.41, 5.74) is 1.96. The Morgan fingerprint density at radius 3 is 2.26 bits per heavy atom. The Kier molecular flexibility index (Phi) is 6.67. The molecule has 0 saturated carbocycles. The van der Waals surface area contributed by atoms with Crippen LogP contribution in [0, 0.1) is 5.92 Å². The summed E-state index contributed by atoms with van der Waals surface area (Å²) in [6, 6.07) is 12.8. The minimum Gasteiger partial charge on any atom is -0.325 e. The topological polar surface area (TPSA) is 125 Å². The molecular formula is C18H21N3O5S. The molecule has 0 saturated heterocycles. The second-order valence-corrected chi connectivity index (χ2v) is 7.88. The first-order valence-corrected chi connectivity index (χ1v) is 9.65. The fraction of sp³-hybridized carbons (Fsp3) is 0.222. The summed E-state index contributed by atoms with van der Waals surface area (Å²) in [6.45, 7) is 3.43. The summed E-state index contributed by atoms with van der Waals surface area (Å²) >= 11 is 0. The van der Waals surface area contributed by atoms with Gasteiger partial charge in [-0.3, -0.25) is 14.8 Å². The number of carbonyl (C=O) groups is 2. The Balaban J connectivity index is 2.24. The summed E-state index contributed by atoms with van der Waals surface area (Å²) in [7, 11) is -4.08. The average molecular weight is 391 g/mol. The first-order valence-electron chi connectivity index (χ1n) is 8.17. The monoisotopic (exact) mass is 391 g/mol. The molecule has 2 aromatic rings. The largest absolute Gasteiger partial charge is 0.325 e. The van der Waals surface area contributed by atoms with E-state index in [0.717, 1.165) is 6.07 Å². The maximum Gasteiger partial charge on any atom is 0.274 e. The van der Waals surface area contributed by atoms with Crippen LogP contribution in [-0.2, 0) is 14.8 Å². The molecule has 144 valence electrons. The number of para-hydroxylation sites is 1. The fourth-order valence-corrected chi connectivity index (χ4v) is 3.73.